The van der Waals surface area contributed by atoms with Crippen LogP contribution in [0.3, 0.4) is 0 Å². The zero-order valence-electron chi connectivity index (χ0n) is 21.4. The van der Waals surface area contributed by atoms with E-state index in [0.717, 1.165) is 18.5 Å². The third kappa shape index (κ3) is 7.07. The lowest BCUT2D eigenvalue weighted by atomic mass is 10.0. The van der Waals surface area contributed by atoms with Crippen LogP contribution in [0.15, 0.2) is 78.0 Å². The number of methoxy groups -OCH3 is 1. The Morgan fingerprint density at radius 1 is 1.03 bits per heavy atom. The van der Waals surface area contributed by atoms with Gasteiger partial charge in [0.2, 0.25) is 11.8 Å². The van der Waals surface area contributed by atoms with Gasteiger partial charge in [-0.05, 0) is 54.1 Å². The number of benzene rings is 2. The minimum Gasteiger partial charge on any atom is -0.356 e. The van der Waals surface area contributed by atoms with Gasteiger partial charge in [0.05, 0.1) is 11.3 Å². The van der Waals surface area contributed by atoms with Crippen LogP contribution in [0.2, 0.25) is 0 Å². The molecule has 4 rings (SSSR count). The first-order valence-electron chi connectivity index (χ1n) is 12.4. The van der Waals surface area contributed by atoms with E-state index >= 15 is 0 Å². The summed E-state index contributed by atoms with van der Waals surface area (Å²) in [5, 5.41) is 5.96. The van der Waals surface area contributed by atoms with Gasteiger partial charge < -0.3 is 25.1 Å². The highest BCUT2D eigenvalue weighted by Crippen LogP contribution is 2.34. The lowest BCUT2D eigenvalue weighted by molar-refractivity contribution is -0.146. The van der Waals surface area contributed by atoms with Crippen molar-refractivity contribution in [2.75, 3.05) is 30.4 Å². The van der Waals surface area contributed by atoms with Crippen molar-refractivity contribution in [2.45, 2.75) is 36.4 Å². The Balaban J connectivity index is 1.35. The molecule has 206 valence electrons. The number of piperidine rings is 1. The summed E-state index contributed by atoms with van der Waals surface area (Å²) < 4.78 is 30.3. The highest BCUT2D eigenvalue weighted by molar-refractivity contribution is 7.89. The molecule has 13 heteroatoms. The van der Waals surface area contributed by atoms with Crippen molar-refractivity contribution < 1.29 is 27.6 Å². The zero-order valence-corrected chi connectivity index (χ0v) is 22.2. The molecule has 1 aliphatic heterocycles. The quantitative estimate of drug-likeness (QED) is 0.238. The Labute approximate surface area is 226 Å². The summed E-state index contributed by atoms with van der Waals surface area (Å²) in [5.41, 5.74) is 1.15. The van der Waals surface area contributed by atoms with Crippen molar-refractivity contribution in [1.29, 1.82) is 0 Å². The van der Waals surface area contributed by atoms with Crippen LogP contribution in [0.5, 0.6) is 0 Å². The molecule has 39 heavy (non-hydrogen) atoms. The van der Waals surface area contributed by atoms with E-state index in [4.69, 9.17) is 4.74 Å². The maximum atomic E-state index is 12.8. The fourth-order valence-corrected chi connectivity index (χ4v) is 5.03. The molecule has 2 heterocycles. The van der Waals surface area contributed by atoms with Gasteiger partial charge in [-0.25, -0.2) is 18.4 Å². The number of amides is 1. The Morgan fingerprint density at radius 3 is 2.54 bits per heavy atom. The molecule has 0 aliphatic carbocycles. The molecule has 1 aliphatic rings. The van der Waals surface area contributed by atoms with Crippen LogP contribution in [-0.2, 0) is 24.4 Å². The van der Waals surface area contributed by atoms with Crippen molar-refractivity contribution in [3.8, 4) is 0 Å². The molecule has 3 N–H and O–H groups in total. The first-order valence-corrected chi connectivity index (χ1v) is 13.8. The Morgan fingerprint density at radius 2 is 1.79 bits per heavy atom. The van der Waals surface area contributed by atoms with E-state index in [9.17, 15) is 18.0 Å². The summed E-state index contributed by atoms with van der Waals surface area (Å²) in [6.45, 7) is 0.636. The van der Waals surface area contributed by atoms with E-state index in [1.54, 1.807) is 66.9 Å². The van der Waals surface area contributed by atoms with Crippen LogP contribution in [0.25, 0.3) is 0 Å². The normalized spacial score (nSPS) is 17.3. The smallest absolute Gasteiger partial charge is 0.327 e. The minimum atomic E-state index is -4.00. The Kier molecular flexibility index (Phi) is 9.07. The van der Waals surface area contributed by atoms with Gasteiger partial charge in [0, 0.05) is 50.3 Å². The molecule has 1 fully saturated rings. The second-order valence-corrected chi connectivity index (χ2v) is 10.4. The number of nitrogens with zero attached hydrogens (tertiary/aromatic N) is 3. The SMILES string of the molecule is COC1(Nc2ncccn2)CCCCN1c1cccc(C(=O)NCCC(=O)ONS(=O)(=O)c2ccccc2)c1. The molecular formula is C26H30N6O6S. The molecule has 1 atom stereocenters. The van der Waals surface area contributed by atoms with Crippen LogP contribution >= 0.6 is 0 Å². The monoisotopic (exact) mass is 554 g/mol. The number of aromatic nitrogens is 2. The molecule has 12 nitrogen and oxygen atoms in total. The van der Waals surface area contributed by atoms with E-state index in [2.05, 4.69) is 25.4 Å². The van der Waals surface area contributed by atoms with Gasteiger partial charge in [-0.3, -0.25) is 9.59 Å². The zero-order chi connectivity index (χ0) is 27.7. The molecule has 1 amide bonds. The van der Waals surface area contributed by atoms with Gasteiger partial charge in [0.1, 0.15) is 0 Å². The van der Waals surface area contributed by atoms with Crippen LogP contribution in [0, 0.1) is 0 Å². The molecule has 3 aromatic rings. The summed E-state index contributed by atoms with van der Waals surface area (Å²) in [7, 11) is -2.38. The number of carbonyl (C=O) groups excluding carboxylic acids is 2. The molecular weight excluding hydrogens is 524 g/mol. The number of ether oxygens (including phenoxy) is 1. The van der Waals surface area contributed by atoms with Crippen LogP contribution < -0.4 is 20.4 Å². The van der Waals surface area contributed by atoms with Gasteiger partial charge in [-0.1, -0.05) is 24.3 Å². The number of hydrogen-bond acceptors (Lipinski definition) is 10. The topological polar surface area (TPSA) is 152 Å². The highest BCUT2D eigenvalue weighted by Gasteiger charge is 2.40. The molecule has 0 radical (unpaired) electrons. The molecule has 2 aromatic carbocycles. The van der Waals surface area contributed by atoms with Crippen LogP contribution in [0.1, 0.15) is 36.0 Å². The summed E-state index contributed by atoms with van der Waals surface area (Å²) in [4.78, 5) is 41.8. The van der Waals surface area contributed by atoms with Crippen molar-refractivity contribution in [2.24, 2.45) is 0 Å². The van der Waals surface area contributed by atoms with Gasteiger partial charge in [0.25, 0.3) is 15.9 Å². The highest BCUT2D eigenvalue weighted by atomic mass is 32.2. The van der Waals surface area contributed by atoms with E-state index in [1.807, 2.05) is 11.0 Å². The molecule has 1 aromatic heterocycles. The van der Waals surface area contributed by atoms with E-state index in [0.29, 0.717) is 24.5 Å². The summed E-state index contributed by atoms with van der Waals surface area (Å²) in [5.74, 6) is -1.70. The largest absolute Gasteiger partial charge is 0.356 e. The fourth-order valence-electron chi connectivity index (χ4n) is 4.21. The van der Waals surface area contributed by atoms with Crippen molar-refractivity contribution in [3.05, 3.63) is 78.6 Å². The summed E-state index contributed by atoms with van der Waals surface area (Å²) in [6.07, 6.45) is 5.60. The first-order chi connectivity index (χ1) is 18.8. The average molecular weight is 555 g/mol. The Bertz CT molecular complexity index is 1380. The summed E-state index contributed by atoms with van der Waals surface area (Å²) in [6, 6.07) is 16.3. The maximum Gasteiger partial charge on any atom is 0.327 e. The van der Waals surface area contributed by atoms with E-state index in [1.165, 1.54) is 12.1 Å². The van der Waals surface area contributed by atoms with E-state index in [-0.39, 0.29) is 17.9 Å². The Hall–Kier alpha value is -4.07. The van der Waals surface area contributed by atoms with Gasteiger partial charge in [-0.15, -0.1) is 0 Å². The second kappa shape index (κ2) is 12.7. The van der Waals surface area contributed by atoms with Crippen molar-refractivity contribution >= 4 is 33.5 Å². The number of sulfonamides is 1. The van der Waals surface area contributed by atoms with Gasteiger partial charge in [0.15, 0.2) is 0 Å². The number of carbonyl (C=O) groups is 2. The third-order valence-corrected chi connectivity index (χ3v) is 7.34. The van der Waals surface area contributed by atoms with E-state index < -0.39 is 27.7 Å². The minimum absolute atomic E-state index is 0.0383. The first kappa shape index (κ1) is 28.0. The van der Waals surface area contributed by atoms with Crippen LogP contribution in [-0.4, -0.2) is 56.3 Å². The predicted molar refractivity (Wildman–Crippen MR) is 143 cm³/mol. The molecule has 0 spiro atoms. The summed E-state index contributed by atoms with van der Waals surface area (Å²) >= 11 is 0. The molecule has 0 saturated carbocycles. The molecule has 1 saturated heterocycles. The third-order valence-electron chi connectivity index (χ3n) is 6.15. The average Bonchev–Trinajstić information content (AvgIpc) is 2.97. The lowest BCUT2D eigenvalue weighted by Crippen LogP contribution is -2.59. The number of anilines is 2. The van der Waals surface area contributed by atoms with Crippen molar-refractivity contribution in [3.63, 3.8) is 0 Å². The van der Waals surface area contributed by atoms with Gasteiger partial charge in [-0.2, -0.15) is 0 Å². The van der Waals surface area contributed by atoms with Gasteiger partial charge >= 0.3 is 5.97 Å². The number of nitrogens with one attached hydrogen (secondary N) is 3. The van der Waals surface area contributed by atoms with Crippen LogP contribution in [0.4, 0.5) is 11.6 Å². The number of rotatable bonds is 11. The number of hydrogen-bond donors (Lipinski definition) is 3. The molecule has 0 bridgehead atoms. The standard InChI is InChI=1S/C26H30N6O6S/c1-37-26(30-25-28-15-8-16-29-25)14-5-6-18-32(26)21-10-7-9-20(19-21)24(34)27-17-13-23(33)38-31-39(35,36)22-11-3-2-4-12-22/h2-4,7-12,15-16,19,31H,5-6,13-14,17-18H2,1H3,(H,27,34)(H,28,29,30). The predicted octanol–water partition coefficient (Wildman–Crippen LogP) is 2.44. The van der Waals surface area contributed by atoms with Crippen molar-refractivity contribution in [1.82, 2.24) is 20.2 Å². The lowest BCUT2D eigenvalue weighted by Gasteiger charge is -2.47. The second-order valence-electron chi connectivity index (χ2n) is 8.72. The molecule has 1 unspecified atom stereocenters. The fraction of sp³-hybridized carbons (Fsp3) is 0.308. The maximum absolute atomic E-state index is 12.8.